The van der Waals surface area contributed by atoms with Crippen molar-refractivity contribution in [2.45, 2.75) is 26.2 Å². The quantitative estimate of drug-likeness (QED) is 0.748. The van der Waals surface area contributed by atoms with Crippen LogP contribution in [-0.2, 0) is 16.0 Å². The van der Waals surface area contributed by atoms with Gasteiger partial charge in [-0.25, -0.2) is 0 Å². The number of ether oxygens (including phenoxy) is 1. The lowest BCUT2D eigenvalue weighted by Crippen LogP contribution is -2.43. The van der Waals surface area contributed by atoms with E-state index in [1.807, 2.05) is 4.90 Å². The van der Waals surface area contributed by atoms with E-state index in [1.165, 1.54) is 17.5 Å². The van der Waals surface area contributed by atoms with Crippen molar-refractivity contribution in [2.24, 2.45) is 5.92 Å². The molecule has 1 unspecified atom stereocenters. The molecule has 0 N–H and O–H groups in total. The molecule has 26 heavy (non-hydrogen) atoms. The van der Waals surface area contributed by atoms with Crippen LogP contribution in [0.15, 0.2) is 18.2 Å². The second kappa shape index (κ2) is 8.98. The predicted molar refractivity (Wildman–Crippen MR) is 106 cm³/mol. The number of fused-ring (bicyclic) bond motifs is 1. The van der Waals surface area contributed by atoms with Crippen molar-refractivity contribution < 1.29 is 9.53 Å². The van der Waals surface area contributed by atoms with Gasteiger partial charge in [-0.05, 0) is 57.3 Å². The van der Waals surface area contributed by atoms with Gasteiger partial charge < -0.3 is 14.5 Å². The summed E-state index contributed by atoms with van der Waals surface area (Å²) in [5.41, 5.74) is 3.71. The number of nitrogens with zero attached hydrogens (tertiary/aromatic N) is 3. The summed E-state index contributed by atoms with van der Waals surface area (Å²) < 4.78 is 5.17. The molecule has 5 heteroatoms. The van der Waals surface area contributed by atoms with Gasteiger partial charge in [0.15, 0.2) is 0 Å². The van der Waals surface area contributed by atoms with Gasteiger partial charge in [-0.2, -0.15) is 0 Å². The number of rotatable bonds is 7. The highest BCUT2D eigenvalue weighted by molar-refractivity contribution is 5.96. The van der Waals surface area contributed by atoms with Gasteiger partial charge in [0, 0.05) is 39.0 Å². The Balaban J connectivity index is 1.51. The molecule has 2 heterocycles. The van der Waals surface area contributed by atoms with Crippen LogP contribution in [-0.4, -0.2) is 75.7 Å². The minimum absolute atomic E-state index is 0.228. The third kappa shape index (κ3) is 4.84. The van der Waals surface area contributed by atoms with Crippen LogP contribution < -0.4 is 4.90 Å². The molecule has 1 aromatic carbocycles. The summed E-state index contributed by atoms with van der Waals surface area (Å²) in [4.78, 5) is 19.6. The number of benzene rings is 1. The van der Waals surface area contributed by atoms with Crippen molar-refractivity contribution in [3.63, 3.8) is 0 Å². The summed E-state index contributed by atoms with van der Waals surface area (Å²) in [6.45, 7) is 8.53. The average molecular weight is 360 g/mol. The van der Waals surface area contributed by atoms with Crippen molar-refractivity contribution in [3.8, 4) is 0 Å². The van der Waals surface area contributed by atoms with E-state index >= 15 is 0 Å². The minimum Gasteiger partial charge on any atom is -0.383 e. The monoisotopic (exact) mass is 359 g/mol. The fourth-order valence-corrected chi connectivity index (χ4v) is 4.29. The molecule has 144 valence electrons. The SMILES string of the molecule is COCCN1CCC(CN(C)CC(=O)N2CCCc3cc(C)ccc32)C1. The Kier molecular flexibility index (Phi) is 6.68. The predicted octanol–water partition coefficient (Wildman–Crippen LogP) is 2.17. The van der Waals surface area contributed by atoms with E-state index in [9.17, 15) is 4.79 Å². The van der Waals surface area contributed by atoms with Gasteiger partial charge in [0.2, 0.25) is 5.91 Å². The molecule has 1 fully saturated rings. The summed E-state index contributed by atoms with van der Waals surface area (Å²) in [6, 6.07) is 6.46. The second-order valence-electron chi connectivity index (χ2n) is 7.93. The van der Waals surface area contributed by atoms with Gasteiger partial charge in [-0.1, -0.05) is 17.7 Å². The molecule has 0 aliphatic carbocycles. The van der Waals surface area contributed by atoms with E-state index in [-0.39, 0.29) is 5.91 Å². The molecule has 0 aromatic heterocycles. The number of likely N-dealkylation sites (N-methyl/N-ethyl adjacent to an activating group) is 1. The highest BCUT2D eigenvalue weighted by atomic mass is 16.5. The zero-order valence-electron chi connectivity index (χ0n) is 16.5. The van der Waals surface area contributed by atoms with E-state index in [0.717, 1.165) is 57.9 Å². The van der Waals surface area contributed by atoms with Gasteiger partial charge in [0.1, 0.15) is 0 Å². The fourth-order valence-electron chi connectivity index (χ4n) is 4.29. The summed E-state index contributed by atoms with van der Waals surface area (Å²) in [5, 5.41) is 0. The lowest BCUT2D eigenvalue weighted by atomic mass is 9.99. The van der Waals surface area contributed by atoms with Gasteiger partial charge in [0.25, 0.3) is 0 Å². The Morgan fingerprint density at radius 1 is 1.35 bits per heavy atom. The fraction of sp³-hybridized carbons (Fsp3) is 0.667. The summed E-state index contributed by atoms with van der Waals surface area (Å²) >= 11 is 0. The minimum atomic E-state index is 0.228. The zero-order chi connectivity index (χ0) is 18.5. The van der Waals surface area contributed by atoms with Gasteiger partial charge >= 0.3 is 0 Å². The van der Waals surface area contributed by atoms with E-state index < -0.39 is 0 Å². The molecule has 3 rings (SSSR count). The number of methoxy groups -OCH3 is 1. The Hall–Kier alpha value is -1.43. The lowest BCUT2D eigenvalue weighted by molar-refractivity contribution is -0.119. The summed E-state index contributed by atoms with van der Waals surface area (Å²) in [5.74, 6) is 0.882. The third-order valence-electron chi connectivity index (χ3n) is 5.61. The number of likely N-dealkylation sites (tertiary alicyclic amines) is 1. The van der Waals surface area contributed by atoms with E-state index in [4.69, 9.17) is 4.74 Å². The Labute approximate surface area is 157 Å². The smallest absolute Gasteiger partial charge is 0.241 e. The Bertz CT molecular complexity index is 619. The number of carbonyl (C=O) groups is 1. The number of hydrogen-bond donors (Lipinski definition) is 0. The highest BCUT2D eigenvalue weighted by Gasteiger charge is 2.26. The summed E-state index contributed by atoms with van der Waals surface area (Å²) in [6.07, 6.45) is 3.35. The first-order valence-electron chi connectivity index (χ1n) is 9.86. The topological polar surface area (TPSA) is 36.0 Å². The maximum absolute atomic E-state index is 12.9. The first-order chi connectivity index (χ1) is 12.6. The van der Waals surface area contributed by atoms with Crippen LogP contribution in [0.3, 0.4) is 0 Å². The molecule has 0 spiro atoms. The Morgan fingerprint density at radius 2 is 2.19 bits per heavy atom. The largest absolute Gasteiger partial charge is 0.383 e. The van der Waals surface area contributed by atoms with E-state index in [2.05, 4.69) is 42.0 Å². The van der Waals surface area contributed by atoms with Gasteiger partial charge in [0.05, 0.1) is 13.2 Å². The van der Waals surface area contributed by atoms with Crippen molar-refractivity contribution in [1.29, 1.82) is 0 Å². The highest BCUT2D eigenvalue weighted by Crippen LogP contribution is 2.28. The maximum atomic E-state index is 12.9. The molecular formula is C21H33N3O2. The molecular weight excluding hydrogens is 326 g/mol. The Morgan fingerprint density at radius 3 is 3.00 bits per heavy atom. The number of anilines is 1. The zero-order valence-corrected chi connectivity index (χ0v) is 16.5. The maximum Gasteiger partial charge on any atom is 0.241 e. The van der Waals surface area contributed by atoms with Crippen LogP contribution in [0.5, 0.6) is 0 Å². The van der Waals surface area contributed by atoms with Crippen molar-refractivity contribution in [3.05, 3.63) is 29.3 Å². The van der Waals surface area contributed by atoms with Crippen molar-refractivity contribution >= 4 is 11.6 Å². The molecule has 1 amide bonds. The number of hydrogen-bond acceptors (Lipinski definition) is 4. The van der Waals surface area contributed by atoms with E-state index in [1.54, 1.807) is 7.11 Å². The molecule has 0 saturated carbocycles. The molecule has 1 saturated heterocycles. The van der Waals surface area contributed by atoms with Crippen molar-refractivity contribution in [1.82, 2.24) is 9.80 Å². The van der Waals surface area contributed by atoms with Crippen molar-refractivity contribution in [2.75, 3.05) is 64.9 Å². The lowest BCUT2D eigenvalue weighted by Gasteiger charge is -2.31. The number of amides is 1. The first-order valence-corrected chi connectivity index (χ1v) is 9.86. The first kappa shape index (κ1) is 19.3. The van der Waals surface area contributed by atoms with Crippen LogP contribution >= 0.6 is 0 Å². The van der Waals surface area contributed by atoms with Gasteiger partial charge in [-0.3, -0.25) is 9.69 Å². The van der Waals surface area contributed by atoms with Gasteiger partial charge in [-0.15, -0.1) is 0 Å². The molecule has 0 bridgehead atoms. The second-order valence-corrected chi connectivity index (χ2v) is 7.93. The normalized spacial score (nSPS) is 20.6. The molecule has 5 nitrogen and oxygen atoms in total. The van der Waals surface area contributed by atoms with Crippen LogP contribution in [0.1, 0.15) is 24.0 Å². The van der Waals surface area contributed by atoms with Crippen LogP contribution in [0, 0.1) is 12.8 Å². The molecule has 2 aliphatic heterocycles. The molecule has 2 aliphatic rings. The van der Waals surface area contributed by atoms with E-state index in [0.29, 0.717) is 12.5 Å². The molecule has 1 atom stereocenters. The van der Waals surface area contributed by atoms with Crippen LogP contribution in [0.4, 0.5) is 5.69 Å². The molecule has 1 aromatic rings. The van der Waals surface area contributed by atoms with Crippen LogP contribution in [0.2, 0.25) is 0 Å². The average Bonchev–Trinajstić information content (AvgIpc) is 3.06. The molecule has 0 radical (unpaired) electrons. The summed E-state index contributed by atoms with van der Waals surface area (Å²) in [7, 11) is 3.84. The number of aryl methyl sites for hydroxylation is 2. The standard InChI is InChI=1S/C21H33N3O2/c1-17-6-7-20-19(13-17)5-4-9-24(20)21(25)16-22(2)14-18-8-10-23(15-18)11-12-26-3/h6-7,13,18H,4-5,8-12,14-16H2,1-3H3. The third-order valence-corrected chi connectivity index (χ3v) is 5.61. The number of carbonyl (C=O) groups excluding carboxylic acids is 1. The van der Waals surface area contributed by atoms with Crippen LogP contribution in [0.25, 0.3) is 0 Å².